The van der Waals surface area contributed by atoms with Gasteiger partial charge in [0.2, 0.25) is 17.6 Å². The highest BCUT2D eigenvalue weighted by molar-refractivity contribution is 6.34. The molecule has 2 aliphatic heterocycles. The Morgan fingerprint density at radius 2 is 2.07 bits per heavy atom. The average molecular weight is 418 g/mol. The van der Waals surface area contributed by atoms with Crippen LogP contribution >= 0.6 is 11.6 Å². The number of anilines is 2. The molecule has 1 saturated heterocycles. The lowest BCUT2D eigenvalue weighted by Gasteiger charge is -2.32. The highest BCUT2D eigenvalue weighted by Crippen LogP contribution is 2.37. The molecule has 7 nitrogen and oxygen atoms in total. The van der Waals surface area contributed by atoms with Crippen molar-refractivity contribution in [2.24, 2.45) is 5.92 Å². The largest absolute Gasteiger partial charge is 0.311 e. The van der Waals surface area contributed by atoms with Gasteiger partial charge < -0.3 is 9.80 Å². The Morgan fingerprint density at radius 1 is 1.28 bits per heavy atom. The molecule has 9 heteroatoms. The number of hydrogen-bond acceptors (Lipinski definition) is 4. The van der Waals surface area contributed by atoms with Gasteiger partial charge in [0.05, 0.1) is 27.2 Å². The number of carbonyl (C=O) groups excluding carboxylic acids is 2. The molecule has 0 radical (unpaired) electrons. The van der Waals surface area contributed by atoms with Gasteiger partial charge in [0.15, 0.2) is 0 Å². The van der Waals surface area contributed by atoms with Crippen LogP contribution in [0.3, 0.4) is 0 Å². The predicted molar refractivity (Wildman–Crippen MR) is 106 cm³/mol. The fourth-order valence-electron chi connectivity index (χ4n) is 3.98. The molecule has 0 aromatic heterocycles. The Bertz CT molecular complexity index is 1030. The number of nitro benzene ring substituents is 1. The summed E-state index contributed by atoms with van der Waals surface area (Å²) < 4.78 is 13.6. The topological polar surface area (TPSA) is 83.8 Å². The fourth-order valence-corrected chi connectivity index (χ4v) is 4.27. The number of para-hydroxylation sites is 1. The highest BCUT2D eigenvalue weighted by Gasteiger charge is 2.39. The molecule has 2 aromatic rings. The van der Waals surface area contributed by atoms with Crippen LogP contribution < -0.4 is 9.80 Å². The van der Waals surface area contributed by atoms with Crippen LogP contribution in [-0.2, 0) is 16.0 Å². The van der Waals surface area contributed by atoms with Crippen molar-refractivity contribution in [3.63, 3.8) is 0 Å². The van der Waals surface area contributed by atoms with Gasteiger partial charge in [0, 0.05) is 25.6 Å². The van der Waals surface area contributed by atoms with E-state index in [0.717, 1.165) is 30.5 Å². The van der Waals surface area contributed by atoms with Crippen molar-refractivity contribution in [3.05, 3.63) is 62.9 Å². The van der Waals surface area contributed by atoms with E-state index in [1.807, 2.05) is 12.1 Å². The van der Waals surface area contributed by atoms with E-state index in [2.05, 4.69) is 0 Å². The zero-order valence-corrected chi connectivity index (χ0v) is 16.1. The van der Waals surface area contributed by atoms with Gasteiger partial charge in [-0.05, 0) is 36.6 Å². The quantitative estimate of drug-likeness (QED) is 0.562. The third-order valence-electron chi connectivity index (χ3n) is 5.35. The van der Waals surface area contributed by atoms with Crippen molar-refractivity contribution in [2.75, 3.05) is 22.9 Å². The van der Waals surface area contributed by atoms with Crippen LogP contribution in [0.15, 0.2) is 36.4 Å². The number of rotatable bonds is 3. The lowest BCUT2D eigenvalue weighted by molar-refractivity contribution is -0.387. The van der Waals surface area contributed by atoms with Crippen molar-refractivity contribution >= 4 is 40.5 Å². The number of halogens is 2. The second-order valence-corrected chi connectivity index (χ2v) is 7.55. The third kappa shape index (κ3) is 3.44. The number of hydrogen-bond donors (Lipinski definition) is 0. The van der Waals surface area contributed by atoms with Crippen LogP contribution in [0, 0.1) is 21.8 Å². The monoisotopic (exact) mass is 417 g/mol. The molecule has 0 bridgehead atoms. The molecule has 150 valence electrons. The Morgan fingerprint density at radius 3 is 2.83 bits per heavy atom. The molecule has 29 heavy (non-hydrogen) atoms. The molecule has 2 amide bonds. The Balaban J connectivity index is 1.59. The predicted octanol–water partition coefficient (Wildman–Crippen LogP) is 3.72. The molecule has 4 rings (SSSR count). The Labute approximate surface area is 170 Å². The first-order valence-electron chi connectivity index (χ1n) is 9.20. The molecule has 2 aliphatic rings. The number of fused-ring (bicyclic) bond motifs is 1. The van der Waals surface area contributed by atoms with Crippen molar-refractivity contribution < 1.29 is 18.9 Å². The molecule has 0 aliphatic carbocycles. The number of benzene rings is 2. The first-order valence-corrected chi connectivity index (χ1v) is 9.57. The smallest absolute Gasteiger partial charge is 0.306 e. The third-order valence-corrected chi connectivity index (χ3v) is 5.65. The highest BCUT2D eigenvalue weighted by atomic mass is 35.5. The van der Waals surface area contributed by atoms with Gasteiger partial charge in [-0.15, -0.1) is 0 Å². The van der Waals surface area contributed by atoms with Crippen LogP contribution in [0.5, 0.6) is 0 Å². The summed E-state index contributed by atoms with van der Waals surface area (Å²) in [5.74, 6) is -2.11. The molecular formula is C20H17ClFN3O4. The molecule has 2 aromatic carbocycles. The lowest BCUT2D eigenvalue weighted by Crippen LogP contribution is -2.40. The van der Waals surface area contributed by atoms with Crippen molar-refractivity contribution in [2.45, 2.75) is 19.3 Å². The molecule has 0 saturated carbocycles. The lowest BCUT2D eigenvalue weighted by atomic mass is 9.99. The van der Waals surface area contributed by atoms with Crippen LogP contribution in [-0.4, -0.2) is 29.8 Å². The van der Waals surface area contributed by atoms with Gasteiger partial charge in [-0.3, -0.25) is 19.7 Å². The number of nitro groups is 1. The summed E-state index contributed by atoms with van der Waals surface area (Å²) in [6, 6.07) is 8.79. The van der Waals surface area contributed by atoms with E-state index in [0.29, 0.717) is 17.3 Å². The van der Waals surface area contributed by atoms with Gasteiger partial charge in [-0.25, -0.2) is 0 Å². The molecule has 1 fully saturated rings. The van der Waals surface area contributed by atoms with E-state index in [1.54, 1.807) is 11.0 Å². The molecule has 0 spiro atoms. The van der Waals surface area contributed by atoms with Crippen molar-refractivity contribution in [3.8, 4) is 0 Å². The second kappa shape index (κ2) is 7.44. The molecule has 1 unspecified atom stereocenters. The maximum atomic E-state index is 13.6. The Hall–Kier alpha value is -3.00. The maximum absolute atomic E-state index is 13.6. The summed E-state index contributed by atoms with van der Waals surface area (Å²) in [5.41, 5.74) is 1.18. The zero-order valence-electron chi connectivity index (χ0n) is 15.3. The van der Waals surface area contributed by atoms with Gasteiger partial charge in [0.1, 0.15) is 0 Å². The number of carbonyl (C=O) groups is 2. The van der Waals surface area contributed by atoms with Gasteiger partial charge >= 0.3 is 5.69 Å². The first-order chi connectivity index (χ1) is 13.9. The summed E-state index contributed by atoms with van der Waals surface area (Å²) in [6.07, 6.45) is 1.61. The molecule has 0 N–H and O–H groups in total. The minimum atomic E-state index is -0.974. The normalized spacial score (nSPS) is 18.7. The van der Waals surface area contributed by atoms with Gasteiger partial charge in [-0.2, -0.15) is 4.39 Å². The second-order valence-electron chi connectivity index (χ2n) is 7.14. The van der Waals surface area contributed by atoms with E-state index < -0.39 is 22.3 Å². The molecule has 2 heterocycles. The van der Waals surface area contributed by atoms with E-state index in [-0.39, 0.29) is 30.5 Å². The van der Waals surface area contributed by atoms with E-state index in [9.17, 15) is 24.1 Å². The van der Waals surface area contributed by atoms with Crippen LogP contribution in [0.2, 0.25) is 5.02 Å². The zero-order chi connectivity index (χ0) is 20.7. The van der Waals surface area contributed by atoms with E-state index in [4.69, 9.17) is 11.6 Å². The Kier molecular flexibility index (Phi) is 4.96. The van der Waals surface area contributed by atoms with Gasteiger partial charge in [0.25, 0.3) is 0 Å². The summed E-state index contributed by atoms with van der Waals surface area (Å²) in [6.45, 7) is 0.596. The minimum Gasteiger partial charge on any atom is -0.311 e. The molecule has 1 atom stereocenters. The number of aryl methyl sites for hydroxylation is 1. The standard InChI is InChI=1S/C20H17ClFN3O4/c21-15-5-1-3-12-4-2-8-23(19(12)15)20(27)13-9-18(26)24(11-13)14-6-7-16(22)17(10-14)25(28)29/h1,3,5-7,10,13H,2,4,8-9,11H2. The van der Waals surface area contributed by atoms with Crippen LogP contribution in [0.25, 0.3) is 0 Å². The van der Waals surface area contributed by atoms with E-state index >= 15 is 0 Å². The van der Waals surface area contributed by atoms with E-state index in [1.165, 1.54) is 11.0 Å². The van der Waals surface area contributed by atoms with Crippen molar-refractivity contribution in [1.29, 1.82) is 0 Å². The summed E-state index contributed by atoms with van der Waals surface area (Å²) in [4.78, 5) is 38.8. The summed E-state index contributed by atoms with van der Waals surface area (Å²) >= 11 is 6.33. The first kappa shape index (κ1) is 19.3. The maximum Gasteiger partial charge on any atom is 0.306 e. The van der Waals surface area contributed by atoms with Crippen molar-refractivity contribution in [1.82, 2.24) is 0 Å². The van der Waals surface area contributed by atoms with Crippen LogP contribution in [0.1, 0.15) is 18.4 Å². The minimum absolute atomic E-state index is 0.0136. The molecular weight excluding hydrogens is 401 g/mol. The van der Waals surface area contributed by atoms with Crippen LogP contribution in [0.4, 0.5) is 21.5 Å². The van der Waals surface area contributed by atoms with Gasteiger partial charge in [-0.1, -0.05) is 23.7 Å². The number of amides is 2. The summed E-state index contributed by atoms with van der Waals surface area (Å²) in [5, 5.41) is 11.5. The SMILES string of the molecule is O=C1CC(C(=O)N2CCCc3cccc(Cl)c32)CN1c1ccc(F)c([N+](=O)[O-])c1. The fraction of sp³-hybridized carbons (Fsp3) is 0.300. The summed E-state index contributed by atoms with van der Waals surface area (Å²) in [7, 11) is 0. The number of nitrogens with zero attached hydrogens (tertiary/aromatic N) is 3. The average Bonchev–Trinajstić information content (AvgIpc) is 3.09.